The number of hydrogen-bond acceptors (Lipinski definition) is 5. The molecule has 1 saturated heterocycles. The molecule has 0 N–H and O–H groups in total. The molecular weight excluding hydrogens is 316 g/mol. The van der Waals surface area contributed by atoms with Crippen LogP contribution >= 0.6 is 0 Å². The molecule has 1 aliphatic heterocycles. The fraction of sp³-hybridized carbons (Fsp3) is 0.333. The van der Waals surface area contributed by atoms with Crippen molar-refractivity contribution in [2.24, 2.45) is 0 Å². The highest BCUT2D eigenvalue weighted by atomic mass is 16.2. The third-order valence-electron chi connectivity index (χ3n) is 4.59. The number of anilines is 1. The van der Waals surface area contributed by atoms with Gasteiger partial charge in [0.1, 0.15) is 5.82 Å². The maximum Gasteiger partial charge on any atom is 0.253 e. The topological polar surface area (TPSA) is 66.6 Å². The van der Waals surface area contributed by atoms with Gasteiger partial charge in [0.15, 0.2) is 11.5 Å². The molecule has 0 unspecified atom stereocenters. The Bertz CT molecular complexity index is 909. The average molecular weight is 336 g/mol. The summed E-state index contributed by atoms with van der Waals surface area (Å²) in [4.78, 5) is 16.7. The smallest absolute Gasteiger partial charge is 0.253 e. The Hall–Kier alpha value is -2.96. The van der Waals surface area contributed by atoms with Crippen LogP contribution in [-0.4, -0.2) is 56.8 Å². The summed E-state index contributed by atoms with van der Waals surface area (Å²) >= 11 is 0. The minimum absolute atomic E-state index is 0.0951. The lowest BCUT2D eigenvalue weighted by atomic mass is 10.1. The van der Waals surface area contributed by atoms with Crippen molar-refractivity contribution in [3.05, 3.63) is 53.3 Å². The second kappa shape index (κ2) is 6.16. The second-order valence-electron chi connectivity index (χ2n) is 6.35. The monoisotopic (exact) mass is 336 g/mol. The normalized spacial score (nSPS) is 15.0. The first-order chi connectivity index (χ1) is 12.1. The van der Waals surface area contributed by atoms with Crippen LogP contribution < -0.4 is 4.90 Å². The molecule has 0 atom stereocenters. The Morgan fingerprint density at radius 3 is 2.36 bits per heavy atom. The van der Waals surface area contributed by atoms with E-state index in [0.717, 1.165) is 41.5 Å². The molecule has 0 spiro atoms. The summed E-state index contributed by atoms with van der Waals surface area (Å²) in [7, 11) is 0. The predicted molar refractivity (Wildman–Crippen MR) is 94.8 cm³/mol. The molecular formula is C18H20N6O. The van der Waals surface area contributed by atoms with E-state index in [1.807, 2.05) is 55.1 Å². The zero-order valence-electron chi connectivity index (χ0n) is 14.4. The maximum atomic E-state index is 12.6. The first-order valence-electron chi connectivity index (χ1n) is 8.42. The fourth-order valence-electron chi connectivity index (χ4n) is 3.07. The van der Waals surface area contributed by atoms with Crippen LogP contribution in [-0.2, 0) is 0 Å². The summed E-state index contributed by atoms with van der Waals surface area (Å²) in [6.07, 6.45) is 0. The number of amides is 1. The zero-order chi connectivity index (χ0) is 17.4. The Balaban J connectivity index is 1.46. The molecule has 128 valence electrons. The molecule has 3 heterocycles. The Labute approximate surface area is 145 Å². The van der Waals surface area contributed by atoms with E-state index in [0.29, 0.717) is 13.1 Å². The summed E-state index contributed by atoms with van der Waals surface area (Å²) in [5.41, 5.74) is 2.65. The minimum atomic E-state index is 0.0951. The third-order valence-corrected chi connectivity index (χ3v) is 4.59. The van der Waals surface area contributed by atoms with E-state index in [2.05, 4.69) is 20.2 Å². The lowest BCUT2D eigenvalue weighted by molar-refractivity contribution is 0.0746. The van der Waals surface area contributed by atoms with Crippen LogP contribution in [0.15, 0.2) is 36.4 Å². The average Bonchev–Trinajstić information content (AvgIpc) is 3.02. The first-order valence-corrected chi connectivity index (χ1v) is 8.42. The van der Waals surface area contributed by atoms with Crippen LogP contribution in [0, 0.1) is 13.8 Å². The Kier molecular flexibility index (Phi) is 3.83. The highest BCUT2D eigenvalue weighted by molar-refractivity contribution is 5.94. The molecule has 3 aromatic rings. The van der Waals surface area contributed by atoms with Gasteiger partial charge in [0, 0.05) is 31.7 Å². The minimum Gasteiger partial charge on any atom is -0.352 e. The van der Waals surface area contributed by atoms with Gasteiger partial charge in [0.2, 0.25) is 0 Å². The first kappa shape index (κ1) is 15.6. The highest BCUT2D eigenvalue weighted by Gasteiger charge is 2.23. The van der Waals surface area contributed by atoms with Gasteiger partial charge in [0.25, 0.3) is 5.91 Å². The van der Waals surface area contributed by atoms with Gasteiger partial charge in [-0.3, -0.25) is 4.79 Å². The summed E-state index contributed by atoms with van der Waals surface area (Å²) < 4.78 is 1.75. The van der Waals surface area contributed by atoms with Crippen molar-refractivity contribution in [2.75, 3.05) is 31.1 Å². The van der Waals surface area contributed by atoms with Crippen LogP contribution in [0.25, 0.3) is 5.65 Å². The number of piperazine rings is 1. The van der Waals surface area contributed by atoms with Gasteiger partial charge in [-0.2, -0.15) is 4.52 Å². The molecule has 2 aromatic heterocycles. The molecule has 0 saturated carbocycles. The Morgan fingerprint density at radius 1 is 0.920 bits per heavy atom. The van der Waals surface area contributed by atoms with E-state index in [9.17, 15) is 4.79 Å². The lowest BCUT2D eigenvalue weighted by Gasteiger charge is -2.35. The quantitative estimate of drug-likeness (QED) is 0.713. The molecule has 0 radical (unpaired) electrons. The molecule has 25 heavy (non-hydrogen) atoms. The van der Waals surface area contributed by atoms with Crippen LogP contribution in [0.2, 0.25) is 0 Å². The fourth-order valence-corrected chi connectivity index (χ4v) is 3.07. The second-order valence-corrected chi connectivity index (χ2v) is 6.35. The van der Waals surface area contributed by atoms with Crippen molar-refractivity contribution < 1.29 is 4.79 Å². The van der Waals surface area contributed by atoms with E-state index in [1.165, 1.54) is 0 Å². The number of nitrogens with zero attached hydrogens (tertiary/aromatic N) is 6. The van der Waals surface area contributed by atoms with Crippen molar-refractivity contribution in [1.82, 2.24) is 24.7 Å². The van der Waals surface area contributed by atoms with Crippen LogP contribution in [0.4, 0.5) is 5.82 Å². The van der Waals surface area contributed by atoms with Crippen molar-refractivity contribution in [3.8, 4) is 0 Å². The van der Waals surface area contributed by atoms with E-state index in [-0.39, 0.29) is 5.91 Å². The molecule has 1 amide bonds. The van der Waals surface area contributed by atoms with Crippen molar-refractivity contribution >= 4 is 17.4 Å². The van der Waals surface area contributed by atoms with Crippen molar-refractivity contribution in [1.29, 1.82) is 0 Å². The largest absolute Gasteiger partial charge is 0.352 e. The lowest BCUT2D eigenvalue weighted by Crippen LogP contribution is -2.49. The van der Waals surface area contributed by atoms with Gasteiger partial charge in [-0.05, 0) is 38.1 Å². The van der Waals surface area contributed by atoms with Crippen LogP contribution in [0.5, 0.6) is 0 Å². The molecule has 0 aliphatic carbocycles. The molecule has 7 nitrogen and oxygen atoms in total. The highest BCUT2D eigenvalue weighted by Crippen LogP contribution is 2.16. The summed E-state index contributed by atoms with van der Waals surface area (Å²) in [5.74, 6) is 1.75. The van der Waals surface area contributed by atoms with Gasteiger partial charge in [-0.15, -0.1) is 15.3 Å². The SMILES string of the molecule is Cc1ccc(C(=O)N2CCN(c3ccc4nnc(C)n4n3)CC2)cc1. The van der Waals surface area contributed by atoms with Gasteiger partial charge in [0.05, 0.1) is 0 Å². The van der Waals surface area contributed by atoms with Gasteiger partial charge >= 0.3 is 0 Å². The van der Waals surface area contributed by atoms with Gasteiger partial charge in [-0.1, -0.05) is 17.7 Å². The summed E-state index contributed by atoms with van der Waals surface area (Å²) in [6.45, 7) is 6.80. The Morgan fingerprint density at radius 2 is 1.64 bits per heavy atom. The van der Waals surface area contributed by atoms with E-state index < -0.39 is 0 Å². The number of benzene rings is 1. The standard InChI is InChI=1S/C18H20N6O/c1-13-3-5-15(6-4-13)18(25)23-11-9-22(10-12-23)17-8-7-16-20-19-14(2)24(16)21-17/h3-8H,9-12H2,1-2H3. The molecule has 1 fully saturated rings. The summed E-state index contributed by atoms with van der Waals surface area (Å²) in [6, 6.07) is 11.6. The number of fused-ring (bicyclic) bond motifs is 1. The zero-order valence-corrected chi connectivity index (χ0v) is 14.4. The number of aromatic nitrogens is 4. The molecule has 0 bridgehead atoms. The van der Waals surface area contributed by atoms with Gasteiger partial charge < -0.3 is 9.80 Å². The summed E-state index contributed by atoms with van der Waals surface area (Å²) in [5, 5.41) is 12.7. The number of aryl methyl sites for hydroxylation is 2. The maximum absolute atomic E-state index is 12.6. The molecule has 1 aliphatic rings. The molecule has 1 aromatic carbocycles. The van der Waals surface area contributed by atoms with E-state index in [4.69, 9.17) is 0 Å². The predicted octanol–water partition coefficient (Wildman–Crippen LogP) is 1.70. The third kappa shape index (κ3) is 2.93. The number of hydrogen-bond donors (Lipinski definition) is 0. The van der Waals surface area contributed by atoms with Crippen molar-refractivity contribution in [2.45, 2.75) is 13.8 Å². The molecule has 4 rings (SSSR count). The van der Waals surface area contributed by atoms with Crippen LogP contribution in [0.1, 0.15) is 21.7 Å². The van der Waals surface area contributed by atoms with E-state index in [1.54, 1.807) is 4.52 Å². The number of rotatable bonds is 2. The van der Waals surface area contributed by atoms with Crippen LogP contribution in [0.3, 0.4) is 0 Å². The number of carbonyl (C=O) groups is 1. The van der Waals surface area contributed by atoms with Crippen molar-refractivity contribution in [3.63, 3.8) is 0 Å². The number of carbonyl (C=O) groups excluding carboxylic acids is 1. The molecule has 7 heteroatoms. The van der Waals surface area contributed by atoms with E-state index >= 15 is 0 Å². The van der Waals surface area contributed by atoms with Gasteiger partial charge in [-0.25, -0.2) is 0 Å².